The average molecular weight is 294 g/mol. The monoisotopic (exact) mass is 294 g/mol. The first-order valence-electron chi connectivity index (χ1n) is 5.67. The second kappa shape index (κ2) is 4.97. The van der Waals surface area contributed by atoms with E-state index in [4.69, 9.17) is 29.0 Å². The van der Waals surface area contributed by atoms with Gasteiger partial charge in [0.2, 0.25) is 0 Å². The van der Waals surface area contributed by atoms with E-state index in [1.807, 2.05) is 30.4 Å². The zero-order chi connectivity index (χ0) is 15.0. The fraction of sp³-hybridized carbons (Fsp3) is 0.0769. The molecule has 1 aliphatic carbocycles. The van der Waals surface area contributed by atoms with Gasteiger partial charge in [0.05, 0.1) is 0 Å². The Balaban J connectivity index is 0.000000257. The normalized spacial score (nSPS) is 15.6. The van der Waals surface area contributed by atoms with Crippen LogP contribution in [-0.2, 0) is 16.1 Å². The molecule has 2 aromatic rings. The smallest absolute Gasteiger partial charge is 0.306 e. The Morgan fingerprint density at radius 2 is 1.55 bits per heavy atom. The molecule has 0 saturated carbocycles. The van der Waals surface area contributed by atoms with E-state index in [1.165, 1.54) is 16.3 Å². The summed E-state index contributed by atoms with van der Waals surface area (Å²) in [6.07, 6.45) is 3.85. The van der Waals surface area contributed by atoms with Crippen molar-refractivity contribution in [2.45, 2.75) is 5.66 Å². The van der Waals surface area contributed by atoms with Crippen LogP contribution in [0.1, 0.15) is 11.1 Å². The number of rotatable bonds is 0. The molecule has 20 heavy (non-hydrogen) atoms. The van der Waals surface area contributed by atoms with Gasteiger partial charge in [0, 0.05) is 0 Å². The Morgan fingerprint density at radius 1 is 1.00 bits per heavy atom. The fourth-order valence-corrected chi connectivity index (χ4v) is 2.19. The first-order chi connectivity index (χ1) is 9.18. The Bertz CT molecular complexity index is 769. The van der Waals surface area contributed by atoms with Gasteiger partial charge in [0.25, 0.3) is 0 Å². The molecule has 0 unspecified atom stereocenters. The lowest BCUT2D eigenvalue weighted by atomic mass is 9.87. The minimum Gasteiger partial charge on any atom is -0.306 e. The number of hydrogen-bond acceptors (Lipinski definition) is 4. The highest BCUT2D eigenvalue weighted by Gasteiger charge is 2.24. The van der Waals surface area contributed by atoms with Gasteiger partial charge in [-0.25, -0.2) is 0 Å². The molecule has 7 heteroatoms. The third-order valence-electron chi connectivity index (χ3n) is 2.94. The van der Waals surface area contributed by atoms with Gasteiger partial charge >= 0.3 is 10.4 Å². The molecule has 0 atom stereocenters. The Kier molecular flexibility index (Phi) is 3.63. The predicted molar refractivity (Wildman–Crippen MR) is 77.2 cm³/mol. The highest BCUT2D eigenvalue weighted by atomic mass is 32.3. The van der Waals surface area contributed by atoms with Crippen molar-refractivity contribution in [2.24, 2.45) is 11.5 Å². The quantitative estimate of drug-likeness (QED) is 0.428. The van der Waals surface area contributed by atoms with Crippen molar-refractivity contribution in [3.05, 3.63) is 53.6 Å². The maximum absolute atomic E-state index is 8.74. The largest absolute Gasteiger partial charge is 0.394 e. The van der Waals surface area contributed by atoms with Gasteiger partial charge in [0.1, 0.15) is 5.66 Å². The maximum Gasteiger partial charge on any atom is 0.394 e. The van der Waals surface area contributed by atoms with Crippen LogP contribution < -0.4 is 11.5 Å². The summed E-state index contributed by atoms with van der Waals surface area (Å²) < 4.78 is 31.6. The standard InChI is InChI=1S/C13H12N2.H2O4S/c14-13(15)8-7-10-4-1-3-9-5-2-6-11(13)12(9)10;1-5(2,3)4/h1-8H,14-15H2;(H2,1,2,3,4). The van der Waals surface area contributed by atoms with Crippen molar-refractivity contribution in [3.8, 4) is 0 Å². The van der Waals surface area contributed by atoms with E-state index >= 15 is 0 Å². The number of benzene rings is 2. The van der Waals surface area contributed by atoms with Crippen molar-refractivity contribution in [2.75, 3.05) is 0 Å². The van der Waals surface area contributed by atoms with E-state index in [0.717, 1.165) is 5.56 Å². The van der Waals surface area contributed by atoms with E-state index in [2.05, 4.69) is 18.2 Å². The maximum atomic E-state index is 8.74. The van der Waals surface area contributed by atoms with Gasteiger partial charge in [-0.1, -0.05) is 42.5 Å². The molecule has 106 valence electrons. The van der Waals surface area contributed by atoms with Crippen LogP contribution in [-0.4, -0.2) is 17.5 Å². The van der Waals surface area contributed by atoms with E-state index < -0.39 is 16.1 Å². The van der Waals surface area contributed by atoms with Crippen molar-refractivity contribution in [3.63, 3.8) is 0 Å². The van der Waals surface area contributed by atoms with Gasteiger partial charge in [-0.05, 0) is 28.0 Å². The zero-order valence-corrected chi connectivity index (χ0v) is 11.2. The zero-order valence-electron chi connectivity index (χ0n) is 10.4. The van der Waals surface area contributed by atoms with E-state index in [0.29, 0.717) is 0 Å². The van der Waals surface area contributed by atoms with Crippen molar-refractivity contribution in [1.82, 2.24) is 0 Å². The molecule has 0 amide bonds. The molecule has 0 spiro atoms. The van der Waals surface area contributed by atoms with Gasteiger partial charge < -0.3 is 11.5 Å². The van der Waals surface area contributed by atoms with Crippen LogP contribution in [0.3, 0.4) is 0 Å². The SMILES string of the molecule is NC1(N)C=Cc2cccc3cccc1c23.O=S(=O)(O)O. The second-order valence-corrected chi connectivity index (χ2v) is 5.36. The minimum atomic E-state index is -4.67. The van der Waals surface area contributed by atoms with Crippen LogP contribution in [0.4, 0.5) is 0 Å². The summed E-state index contributed by atoms with van der Waals surface area (Å²) in [6, 6.07) is 12.3. The van der Waals surface area contributed by atoms with Crippen molar-refractivity contribution >= 4 is 27.2 Å². The molecule has 0 aliphatic heterocycles. The summed E-state index contributed by atoms with van der Waals surface area (Å²) in [4.78, 5) is 0. The number of nitrogens with two attached hydrogens (primary N) is 2. The third-order valence-corrected chi connectivity index (χ3v) is 2.94. The van der Waals surface area contributed by atoms with Crippen LogP contribution >= 0.6 is 0 Å². The van der Waals surface area contributed by atoms with Gasteiger partial charge in [-0.2, -0.15) is 8.42 Å². The summed E-state index contributed by atoms with van der Waals surface area (Å²) in [5, 5.41) is 2.36. The summed E-state index contributed by atoms with van der Waals surface area (Å²) in [5.74, 6) is 0. The molecule has 6 N–H and O–H groups in total. The van der Waals surface area contributed by atoms with Gasteiger partial charge in [-0.15, -0.1) is 0 Å². The Labute approximate surface area is 116 Å². The molecule has 0 aromatic heterocycles. The van der Waals surface area contributed by atoms with Gasteiger partial charge in [0.15, 0.2) is 0 Å². The summed E-state index contributed by atoms with van der Waals surface area (Å²) >= 11 is 0. The van der Waals surface area contributed by atoms with E-state index in [-0.39, 0.29) is 0 Å². The van der Waals surface area contributed by atoms with Gasteiger partial charge in [-0.3, -0.25) is 9.11 Å². The molecule has 6 nitrogen and oxygen atoms in total. The van der Waals surface area contributed by atoms with Crippen LogP contribution in [0.25, 0.3) is 16.8 Å². The van der Waals surface area contributed by atoms with E-state index in [9.17, 15) is 0 Å². The van der Waals surface area contributed by atoms with Crippen LogP contribution in [0, 0.1) is 0 Å². The molecule has 0 radical (unpaired) electrons. The molecule has 0 fully saturated rings. The van der Waals surface area contributed by atoms with E-state index in [1.54, 1.807) is 0 Å². The fourth-order valence-electron chi connectivity index (χ4n) is 2.19. The summed E-state index contributed by atoms with van der Waals surface area (Å²) in [5.41, 5.74) is 13.4. The molecule has 1 aliphatic rings. The molecule has 0 heterocycles. The lowest BCUT2D eigenvalue weighted by Gasteiger charge is -2.27. The summed E-state index contributed by atoms with van der Waals surface area (Å²) in [6.45, 7) is 0. The molecule has 2 aromatic carbocycles. The molecule has 0 saturated heterocycles. The molecule has 3 rings (SSSR count). The number of hydrogen-bond donors (Lipinski definition) is 4. The van der Waals surface area contributed by atoms with Crippen molar-refractivity contribution in [1.29, 1.82) is 0 Å². The first-order valence-corrected chi connectivity index (χ1v) is 7.07. The molecular weight excluding hydrogens is 280 g/mol. The average Bonchev–Trinajstić information content (AvgIpc) is 2.32. The highest BCUT2D eigenvalue weighted by molar-refractivity contribution is 7.79. The highest BCUT2D eigenvalue weighted by Crippen LogP contribution is 2.32. The summed E-state index contributed by atoms with van der Waals surface area (Å²) in [7, 11) is -4.67. The predicted octanol–water partition coefficient (Wildman–Crippen LogP) is 1.28. The third kappa shape index (κ3) is 3.21. The van der Waals surface area contributed by atoms with Crippen LogP contribution in [0.15, 0.2) is 42.5 Å². The Hall–Kier alpha value is -1.77. The Morgan fingerprint density at radius 3 is 2.15 bits per heavy atom. The molecule has 0 bridgehead atoms. The van der Waals surface area contributed by atoms with Crippen LogP contribution in [0.2, 0.25) is 0 Å². The lowest BCUT2D eigenvalue weighted by Crippen LogP contribution is -2.45. The van der Waals surface area contributed by atoms with Crippen LogP contribution in [0.5, 0.6) is 0 Å². The molecular formula is C13H14N2O4S. The lowest BCUT2D eigenvalue weighted by molar-refractivity contribution is 0.381. The topological polar surface area (TPSA) is 127 Å². The first kappa shape index (κ1) is 14.6. The second-order valence-electron chi connectivity index (χ2n) is 4.47. The minimum absolute atomic E-state index is 0.839. The van der Waals surface area contributed by atoms with Crippen molar-refractivity contribution < 1.29 is 17.5 Å².